The van der Waals surface area contributed by atoms with Crippen molar-refractivity contribution >= 4 is 5.97 Å². The number of esters is 1. The van der Waals surface area contributed by atoms with Crippen LogP contribution in [0, 0.1) is 0 Å². The lowest BCUT2D eigenvalue weighted by Gasteiger charge is -2.21. The molecule has 168 valence electrons. The van der Waals surface area contributed by atoms with Crippen LogP contribution in [0.1, 0.15) is 130 Å². The monoisotopic (exact) mass is 400 g/mol. The molecule has 2 atom stereocenters. The fourth-order valence-corrected chi connectivity index (χ4v) is 3.47. The molecule has 0 heterocycles. The molecule has 0 aromatic rings. The SMILES string of the molecule is CCCCCCCCCCCCCCCCCCC(C)(O)C(=O)OCC(C)O. The standard InChI is InChI=1S/C24H48O4/c1-4-5-6-7-8-9-10-11-12-13-14-15-16-17-18-19-20-24(3,27)23(26)28-21-22(2)25/h22,25,27H,4-21H2,1-3H3. The third-order valence-corrected chi connectivity index (χ3v) is 5.41. The van der Waals surface area contributed by atoms with Gasteiger partial charge in [-0.25, -0.2) is 4.79 Å². The van der Waals surface area contributed by atoms with Crippen LogP contribution in [-0.4, -0.2) is 34.5 Å². The third kappa shape index (κ3) is 17.5. The van der Waals surface area contributed by atoms with Gasteiger partial charge in [-0.3, -0.25) is 0 Å². The van der Waals surface area contributed by atoms with Crippen LogP contribution >= 0.6 is 0 Å². The Morgan fingerprint density at radius 3 is 1.50 bits per heavy atom. The average molecular weight is 401 g/mol. The highest BCUT2D eigenvalue weighted by Crippen LogP contribution is 2.18. The molecule has 0 aliphatic rings. The predicted octanol–water partition coefficient (Wildman–Crippen LogP) is 6.31. The maximum Gasteiger partial charge on any atom is 0.337 e. The topological polar surface area (TPSA) is 66.8 Å². The van der Waals surface area contributed by atoms with E-state index in [4.69, 9.17) is 9.84 Å². The zero-order valence-electron chi connectivity index (χ0n) is 19.0. The summed E-state index contributed by atoms with van der Waals surface area (Å²) in [5.41, 5.74) is -1.44. The van der Waals surface area contributed by atoms with E-state index in [0.29, 0.717) is 6.42 Å². The van der Waals surface area contributed by atoms with Gasteiger partial charge in [-0.05, 0) is 26.7 Å². The van der Waals surface area contributed by atoms with Crippen molar-refractivity contribution in [1.29, 1.82) is 0 Å². The fourth-order valence-electron chi connectivity index (χ4n) is 3.47. The van der Waals surface area contributed by atoms with Crippen molar-refractivity contribution < 1.29 is 19.7 Å². The summed E-state index contributed by atoms with van der Waals surface area (Å²) in [6, 6.07) is 0. The number of ether oxygens (including phenoxy) is 1. The van der Waals surface area contributed by atoms with Gasteiger partial charge in [0.2, 0.25) is 0 Å². The molecule has 0 aliphatic heterocycles. The van der Waals surface area contributed by atoms with Crippen molar-refractivity contribution in [3.05, 3.63) is 0 Å². The van der Waals surface area contributed by atoms with Gasteiger partial charge in [-0.1, -0.05) is 103 Å². The Balaban J connectivity index is 3.36. The number of carbonyl (C=O) groups excluding carboxylic acids is 1. The van der Waals surface area contributed by atoms with Crippen molar-refractivity contribution in [3.63, 3.8) is 0 Å². The predicted molar refractivity (Wildman–Crippen MR) is 117 cm³/mol. The van der Waals surface area contributed by atoms with Crippen LogP contribution in [0.5, 0.6) is 0 Å². The normalized spacial score (nSPS) is 14.6. The van der Waals surface area contributed by atoms with Crippen molar-refractivity contribution in [2.24, 2.45) is 0 Å². The summed E-state index contributed by atoms with van der Waals surface area (Å²) in [7, 11) is 0. The second-order valence-electron chi connectivity index (χ2n) is 8.77. The average Bonchev–Trinajstić information content (AvgIpc) is 2.65. The first kappa shape index (κ1) is 27.4. The van der Waals surface area contributed by atoms with Gasteiger partial charge < -0.3 is 14.9 Å². The van der Waals surface area contributed by atoms with Crippen LogP contribution in [0.3, 0.4) is 0 Å². The summed E-state index contributed by atoms with van der Waals surface area (Å²) in [5, 5.41) is 19.3. The molecule has 0 aromatic heterocycles. The Bertz CT molecular complexity index is 353. The molecule has 2 N–H and O–H groups in total. The van der Waals surface area contributed by atoms with E-state index in [1.807, 2.05) is 0 Å². The lowest BCUT2D eigenvalue weighted by molar-refractivity contribution is -0.167. The molecule has 28 heavy (non-hydrogen) atoms. The lowest BCUT2D eigenvalue weighted by Crippen LogP contribution is -2.38. The van der Waals surface area contributed by atoms with E-state index in [1.54, 1.807) is 6.92 Å². The molecule has 0 bridgehead atoms. The Morgan fingerprint density at radius 1 is 0.786 bits per heavy atom. The fraction of sp³-hybridized carbons (Fsp3) is 0.958. The van der Waals surface area contributed by atoms with Gasteiger partial charge in [0.15, 0.2) is 5.60 Å². The summed E-state index contributed by atoms with van der Waals surface area (Å²) in [6.45, 7) is 5.26. The largest absolute Gasteiger partial charge is 0.461 e. The maximum absolute atomic E-state index is 11.8. The van der Waals surface area contributed by atoms with E-state index >= 15 is 0 Å². The quantitative estimate of drug-likeness (QED) is 0.185. The van der Waals surface area contributed by atoms with Crippen molar-refractivity contribution in [2.45, 2.75) is 142 Å². The van der Waals surface area contributed by atoms with Crippen LogP contribution in [0.4, 0.5) is 0 Å². The van der Waals surface area contributed by atoms with Crippen molar-refractivity contribution in [2.75, 3.05) is 6.61 Å². The highest BCUT2D eigenvalue weighted by molar-refractivity contribution is 5.78. The highest BCUT2D eigenvalue weighted by Gasteiger charge is 2.31. The third-order valence-electron chi connectivity index (χ3n) is 5.41. The van der Waals surface area contributed by atoms with Gasteiger partial charge in [0, 0.05) is 0 Å². The van der Waals surface area contributed by atoms with E-state index in [2.05, 4.69) is 6.92 Å². The van der Waals surface area contributed by atoms with E-state index in [0.717, 1.165) is 19.3 Å². The highest BCUT2D eigenvalue weighted by atomic mass is 16.6. The summed E-state index contributed by atoms with van der Waals surface area (Å²) >= 11 is 0. The number of hydrogen-bond donors (Lipinski definition) is 2. The first-order valence-electron chi connectivity index (χ1n) is 12.0. The molecule has 2 unspecified atom stereocenters. The van der Waals surface area contributed by atoms with Gasteiger partial charge >= 0.3 is 5.97 Å². The van der Waals surface area contributed by atoms with Crippen molar-refractivity contribution in [1.82, 2.24) is 0 Å². The lowest BCUT2D eigenvalue weighted by atomic mass is 9.97. The Kier molecular flexibility index (Phi) is 18.0. The van der Waals surface area contributed by atoms with E-state index in [1.165, 1.54) is 90.4 Å². The number of carbonyl (C=O) groups is 1. The zero-order chi connectivity index (χ0) is 21.1. The van der Waals surface area contributed by atoms with Gasteiger partial charge in [-0.2, -0.15) is 0 Å². The summed E-state index contributed by atoms with van der Waals surface area (Å²) in [6.07, 6.45) is 20.6. The molecule has 4 heteroatoms. The molecule has 0 amide bonds. The number of aliphatic hydroxyl groups is 2. The molecule has 0 rings (SSSR count). The molecule has 0 fully saturated rings. The molecule has 0 saturated heterocycles. The Labute approximate surface area is 174 Å². The number of hydrogen-bond acceptors (Lipinski definition) is 4. The van der Waals surface area contributed by atoms with Crippen LogP contribution in [0.15, 0.2) is 0 Å². The van der Waals surface area contributed by atoms with Crippen LogP contribution < -0.4 is 0 Å². The van der Waals surface area contributed by atoms with Gasteiger partial charge in [0.05, 0.1) is 6.10 Å². The minimum absolute atomic E-state index is 0.0616. The molecule has 0 radical (unpaired) electrons. The van der Waals surface area contributed by atoms with Crippen molar-refractivity contribution in [3.8, 4) is 0 Å². The summed E-state index contributed by atoms with van der Waals surface area (Å²) in [4.78, 5) is 11.8. The summed E-state index contributed by atoms with van der Waals surface area (Å²) < 4.78 is 4.91. The first-order valence-corrected chi connectivity index (χ1v) is 12.0. The number of aliphatic hydroxyl groups excluding tert-OH is 1. The minimum Gasteiger partial charge on any atom is -0.461 e. The van der Waals surface area contributed by atoms with Crippen LogP contribution in [0.25, 0.3) is 0 Å². The van der Waals surface area contributed by atoms with Crippen LogP contribution in [-0.2, 0) is 9.53 Å². The van der Waals surface area contributed by atoms with E-state index in [-0.39, 0.29) is 6.61 Å². The maximum atomic E-state index is 11.8. The van der Waals surface area contributed by atoms with Gasteiger partial charge in [0.1, 0.15) is 6.61 Å². The zero-order valence-corrected chi connectivity index (χ0v) is 19.0. The second-order valence-corrected chi connectivity index (χ2v) is 8.77. The molecular weight excluding hydrogens is 352 g/mol. The van der Waals surface area contributed by atoms with Gasteiger partial charge in [0.25, 0.3) is 0 Å². The number of unbranched alkanes of at least 4 members (excludes halogenated alkanes) is 15. The first-order chi connectivity index (χ1) is 13.4. The molecule has 0 aromatic carbocycles. The molecule has 0 spiro atoms. The Morgan fingerprint density at radius 2 is 1.14 bits per heavy atom. The van der Waals surface area contributed by atoms with Crippen LogP contribution in [0.2, 0.25) is 0 Å². The molecular formula is C24H48O4. The summed E-state index contributed by atoms with van der Waals surface area (Å²) in [5.74, 6) is -0.630. The van der Waals surface area contributed by atoms with Gasteiger partial charge in [-0.15, -0.1) is 0 Å². The second kappa shape index (κ2) is 18.4. The van der Waals surface area contributed by atoms with E-state index in [9.17, 15) is 9.90 Å². The number of rotatable bonds is 20. The smallest absolute Gasteiger partial charge is 0.337 e. The Hall–Kier alpha value is -0.610. The van der Waals surface area contributed by atoms with E-state index < -0.39 is 17.7 Å². The molecule has 0 saturated carbocycles. The molecule has 4 nitrogen and oxygen atoms in total. The minimum atomic E-state index is -1.44. The molecule has 0 aliphatic carbocycles.